The van der Waals surface area contributed by atoms with Crippen molar-refractivity contribution < 1.29 is 22.2 Å². The normalized spacial score (nSPS) is 16.1. The fourth-order valence-corrected chi connectivity index (χ4v) is 19.1. The highest BCUT2D eigenvalue weighted by molar-refractivity contribution is 9.10. The molecule has 0 aromatic heterocycles. The van der Waals surface area contributed by atoms with Crippen LogP contribution in [-0.4, -0.2) is 56.6 Å². The minimum absolute atomic E-state index is 0.241. The molecule has 1 atom stereocenters. The van der Waals surface area contributed by atoms with E-state index in [1.807, 2.05) is 0 Å². The summed E-state index contributed by atoms with van der Waals surface area (Å²) in [7, 11) is -7.59. The Hall–Kier alpha value is 0.698. The highest BCUT2D eigenvalue weighted by atomic mass is 79.9. The summed E-state index contributed by atoms with van der Waals surface area (Å²) in [4.78, 5) is 11.9. The van der Waals surface area contributed by atoms with Crippen molar-refractivity contribution in [3.8, 4) is 0 Å². The van der Waals surface area contributed by atoms with Crippen LogP contribution in [0.4, 0.5) is 0 Å². The lowest BCUT2D eigenvalue weighted by Gasteiger charge is -2.38. The van der Waals surface area contributed by atoms with E-state index in [9.17, 15) is 4.79 Å². The molecule has 0 fully saturated rings. The Bertz CT molecular complexity index is 483. The minimum Gasteiger partial charge on any atom is -0.465 e. The van der Waals surface area contributed by atoms with E-state index in [2.05, 4.69) is 74.9 Å². The molecule has 162 valence electrons. The molecular formula is C17H41BrO5Si4. The molecule has 0 heterocycles. The number of carbonyl (C=O) groups is 1. The first kappa shape index (κ1) is 27.7. The molecule has 0 N–H and O–H groups in total. The fraction of sp³-hybridized carbons (Fsp3) is 0.941. The quantitative estimate of drug-likeness (QED) is 0.145. The van der Waals surface area contributed by atoms with Gasteiger partial charge in [-0.25, -0.2) is 0 Å². The topological polar surface area (TPSA) is 54.0 Å². The number of ether oxygens (including phenoxy) is 1. The van der Waals surface area contributed by atoms with Gasteiger partial charge >= 0.3 is 14.5 Å². The SMILES string of the molecule is CC(C)(Br)C(=O)OCCC[Si](C)(OC[Si](C)(C)O[Si](C)(C)C)O[Si](C)(C)C. The van der Waals surface area contributed by atoms with Gasteiger partial charge in [-0.15, -0.1) is 0 Å². The van der Waals surface area contributed by atoms with E-state index in [0.717, 1.165) is 12.5 Å². The largest absolute Gasteiger partial charge is 0.465 e. The number of carbonyl (C=O) groups excluding carboxylic acids is 1. The first-order valence-electron chi connectivity index (χ1n) is 9.65. The molecular weight excluding hydrogens is 476 g/mol. The molecule has 0 bridgehead atoms. The second-order valence-corrected chi connectivity index (χ2v) is 29.3. The second-order valence-electron chi connectivity index (χ2n) is 10.3. The van der Waals surface area contributed by atoms with Gasteiger partial charge in [-0.1, -0.05) is 15.9 Å². The number of esters is 1. The maximum atomic E-state index is 11.9. The second kappa shape index (κ2) is 10.1. The van der Waals surface area contributed by atoms with Gasteiger partial charge in [0.1, 0.15) is 4.32 Å². The van der Waals surface area contributed by atoms with Crippen molar-refractivity contribution in [3.63, 3.8) is 0 Å². The molecule has 0 saturated carbocycles. The van der Waals surface area contributed by atoms with Crippen LogP contribution in [0, 0.1) is 0 Å². The smallest absolute Gasteiger partial charge is 0.324 e. The van der Waals surface area contributed by atoms with Crippen LogP contribution in [0.2, 0.25) is 65.0 Å². The summed E-state index contributed by atoms with van der Waals surface area (Å²) < 4.78 is 24.1. The lowest BCUT2D eigenvalue weighted by Crippen LogP contribution is -2.53. The van der Waals surface area contributed by atoms with Gasteiger partial charge in [0, 0.05) is 0 Å². The zero-order valence-corrected chi connectivity index (χ0v) is 24.8. The summed E-state index contributed by atoms with van der Waals surface area (Å²) >= 11 is 3.33. The Morgan fingerprint density at radius 1 is 0.889 bits per heavy atom. The maximum Gasteiger partial charge on any atom is 0.324 e. The highest BCUT2D eigenvalue weighted by Crippen LogP contribution is 2.25. The van der Waals surface area contributed by atoms with Crippen LogP contribution in [0.25, 0.3) is 0 Å². The summed E-state index contributed by atoms with van der Waals surface area (Å²) in [6.07, 6.45) is 1.40. The van der Waals surface area contributed by atoms with Gasteiger partial charge in [0.25, 0.3) is 0 Å². The average Bonchev–Trinajstić information content (AvgIpc) is 2.36. The van der Waals surface area contributed by atoms with Gasteiger partial charge in [0.2, 0.25) is 0 Å². The molecule has 1 unspecified atom stereocenters. The molecule has 0 aromatic carbocycles. The lowest BCUT2D eigenvalue weighted by molar-refractivity contribution is -0.145. The molecule has 0 aliphatic carbocycles. The van der Waals surface area contributed by atoms with Crippen molar-refractivity contribution in [2.45, 2.75) is 89.6 Å². The van der Waals surface area contributed by atoms with Crippen LogP contribution in [0.5, 0.6) is 0 Å². The van der Waals surface area contributed by atoms with Crippen molar-refractivity contribution in [1.29, 1.82) is 0 Å². The fourth-order valence-electron chi connectivity index (χ4n) is 2.71. The lowest BCUT2D eigenvalue weighted by atomic mass is 10.2. The number of hydrogen-bond acceptors (Lipinski definition) is 5. The molecule has 0 aliphatic rings. The van der Waals surface area contributed by atoms with E-state index in [0.29, 0.717) is 12.8 Å². The van der Waals surface area contributed by atoms with E-state index >= 15 is 0 Å². The molecule has 0 radical (unpaired) electrons. The average molecular weight is 518 g/mol. The molecule has 27 heavy (non-hydrogen) atoms. The summed E-state index contributed by atoms with van der Waals surface area (Å²) in [5.74, 6) is -0.241. The Morgan fingerprint density at radius 2 is 1.37 bits per heavy atom. The van der Waals surface area contributed by atoms with Crippen molar-refractivity contribution >= 4 is 55.4 Å². The Labute approximate surface area is 179 Å². The van der Waals surface area contributed by atoms with Gasteiger partial charge in [-0.2, -0.15) is 0 Å². The Kier molecular flexibility index (Phi) is 10.4. The molecule has 0 aromatic rings. The zero-order chi connectivity index (χ0) is 21.7. The van der Waals surface area contributed by atoms with Gasteiger partial charge in [-0.3, -0.25) is 4.79 Å². The first-order chi connectivity index (χ1) is 11.7. The molecule has 10 heteroatoms. The number of halogens is 1. The van der Waals surface area contributed by atoms with Gasteiger partial charge in [-0.05, 0) is 85.2 Å². The van der Waals surface area contributed by atoms with Crippen molar-refractivity contribution in [2.75, 3.05) is 12.8 Å². The monoisotopic (exact) mass is 516 g/mol. The highest BCUT2D eigenvalue weighted by Gasteiger charge is 2.40. The predicted molar refractivity (Wildman–Crippen MR) is 127 cm³/mol. The van der Waals surface area contributed by atoms with Crippen molar-refractivity contribution in [1.82, 2.24) is 0 Å². The van der Waals surface area contributed by atoms with Crippen LogP contribution in [0.15, 0.2) is 0 Å². The van der Waals surface area contributed by atoms with Crippen LogP contribution < -0.4 is 0 Å². The zero-order valence-electron chi connectivity index (χ0n) is 19.2. The third-order valence-corrected chi connectivity index (χ3v) is 15.6. The molecule has 0 aliphatic heterocycles. The predicted octanol–water partition coefficient (Wildman–Crippen LogP) is 5.63. The van der Waals surface area contributed by atoms with Crippen LogP contribution in [0.3, 0.4) is 0 Å². The van der Waals surface area contributed by atoms with Crippen LogP contribution in [-0.2, 0) is 22.2 Å². The Balaban J connectivity index is 4.84. The van der Waals surface area contributed by atoms with Crippen molar-refractivity contribution in [3.05, 3.63) is 0 Å². The number of rotatable bonds is 12. The Morgan fingerprint density at radius 3 is 1.78 bits per heavy atom. The third-order valence-electron chi connectivity index (χ3n) is 3.32. The van der Waals surface area contributed by atoms with Gasteiger partial charge < -0.3 is 17.4 Å². The van der Waals surface area contributed by atoms with E-state index in [1.165, 1.54) is 0 Å². The van der Waals surface area contributed by atoms with Gasteiger partial charge in [0.15, 0.2) is 25.0 Å². The van der Waals surface area contributed by atoms with E-state index in [1.54, 1.807) is 13.8 Å². The summed E-state index contributed by atoms with van der Waals surface area (Å²) in [6, 6.07) is 0.810. The first-order valence-corrected chi connectivity index (χ1v) is 22.9. The van der Waals surface area contributed by atoms with Crippen LogP contribution >= 0.6 is 15.9 Å². The standard InChI is InChI=1S/C17H41BrO5Si4/c1-17(2,18)16(19)20-13-12-14-27(11,23-25(6,7)8)21-15-26(9,10)22-24(3,4)5/h12-15H2,1-11H3. The van der Waals surface area contributed by atoms with Crippen LogP contribution in [0.1, 0.15) is 20.3 Å². The molecule has 0 saturated heterocycles. The molecule has 5 nitrogen and oxygen atoms in total. The summed E-state index contributed by atoms with van der Waals surface area (Å²) in [6.45, 7) is 23.8. The number of hydrogen-bond donors (Lipinski definition) is 0. The summed E-state index contributed by atoms with van der Waals surface area (Å²) in [5, 5.41) is 0. The molecule has 0 spiro atoms. The van der Waals surface area contributed by atoms with Gasteiger partial charge in [0.05, 0.1) is 12.8 Å². The number of alkyl halides is 1. The third kappa shape index (κ3) is 14.3. The molecule has 0 amide bonds. The summed E-state index contributed by atoms with van der Waals surface area (Å²) in [5.41, 5.74) is 0. The maximum absolute atomic E-state index is 11.9. The molecule has 0 rings (SSSR count). The van der Waals surface area contributed by atoms with E-state index in [-0.39, 0.29) is 5.97 Å². The van der Waals surface area contributed by atoms with Crippen molar-refractivity contribution in [2.24, 2.45) is 0 Å². The van der Waals surface area contributed by atoms with E-state index in [4.69, 9.17) is 17.4 Å². The van der Waals surface area contributed by atoms with E-state index < -0.39 is 37.8 Å². The minimum atomic E-state index is -2.36.